The maximum atomic E-state index is 12.5. The molecule has 0 aliphatic carbocycles. The highest BCUT2D eigenvalue weighted by Gasteiger charge is 2.31. The molecule has 0 aromatic heterocycles. The summed E-state index contributed by atoms with van der Waals surface area (Å²) in [5.41, 5.74) is 0.818. The summed E-state index contributed by atoms with van der Waals surface area (Å²) in [5.74, 6) is -0.0220. The summed E-state index contributed by atoms with van der Waals surface area (Å²) in [5, 5.41) is 8.79. The van der Waals surface area contributed by atoms with Crippen LogP contribution in [0.1, 0.15) is 38.3 Å². The first kappa shape index (κ1) is 16.2. The Morgan fingerprint density at radius 2 is 1.95 bits per heavy atom. The monoisotopic (exact) mass is 274 g/mol. The van der Waals surface area contributed by atoms with Gasteiger partial charge in [-0.3, -0.25) is 4.79 Å². The molecule has 4 heteroatoms. The standard InChI is InChI=1S/C16H22N2O2/c1-5-10-18(15(19)16(2,3)20-4)12-14-8-6-13(11-17)7-9-14/h6-9H,5,10,12H2,1-4H3. The average Bonchev–Trinajstić information content (AvgIpc) is 2.46. The first-order valence-electron chi connectivity index (χ1n) is 6.78. The number of nitrogens with zero attached hydrogens (tertiary/aromatic N) is 2. The molecule has 0 unspecified atom stereocenters. The van der Waals surface area contributed by atoms with Crippen LogP contribution in [0.4, 0.5) is 0 Å². The Morgan fingerprint density at radius 1 is 1.35 bits per heavy atom. The second kappa shape index (κ2) is 7.06. The zero-order valence-corrected chi connectivity index (χ0v) is 12.6. The van der Waals surface area contributed by atoms with Crippen molar-refractivity contribution in [1.82, 2.24) is 4.90 Å². The quantitative estimate of drug-likeness (QED) is 0.801. The summed E-state index contributed by atoms with van der Waals surface area (Å²) in [6, 6.07) is 9.39. The molecule has 0 atom stereocenters. The number of hydrogen-bond donors (Lipinski definition) is 0. The van der Waals surface area contributed by atoms with Gasteiger partial charge in [-0.1, -0.05) is 19.1 Å². The van der Waals surface area contributed by atoms with Crippen LogP contribution >= 0.6 is 0 Å². The fraction of sp³-hybridized carbons (Fsp3) is 0.500. The molecular weight excluding hydrogens is 252 g/mol. The van der Waals surface area contributed by atoms with Gasteiger partial charge >= 0.3 is 0 Å². The van der Waals surface area contributed by atoms with Crippen molar-refractivity contribution in [1.29, 1.82) is 5.26 Å². The van der Waals surface area contributed by atoms with E-state index >= 15 is 0 Å². The van der Waals surface area contributed by atoms with Crippen LogP contribution in [0.2, 0.25) is 0 Å². The van der Waals surface area contributed by atoms with E-state index in [2.05, 4.69) is 6.07 Å². The Balaban J connectivity index is 2.86. The number of carbonyl (C=O) groups excluding carboxylic acids is 1. The first-order chi connectivity index (χ1) is 9.44. The lowest BCUT2D eigenvalue weighted by Crippen LogP contribution is -2.46. The van der Waals surface area contributed by atoms with Gasteiger partial charge < -0.3 is 9.64 Å². The summed E-state index contributed by atoms with van der Waals surface area (Å²) >= 11 is 0. The van der Waals surface area contributed by atoms with Crippen molar-refractivity contribution in [3.63, 3.8) is 0 Å². The molecule has 0 spiro atoms. The largest absolute Gasteiger partial charge is 0.369 e. The van der Waals surface area contributed by atoms with Crippen molar-refractivity contribution in [3.05, 3.63) is 35.4 Å². The Hall–Kier alpha value is -1.86. The van der Waals surface area contributed by atoms with Crippen LogP contribution in [0.5, 0.6) is 0 Å². The SMILES string of the molecule is CCCN(Cc1ccc(C#N)cc1)C(=O)C(C)(C)OC. The molecule has 1 rings (SSSR count). The third kappa shape index (κ3) is 4.07. The van der Waals surface area contributed by atoms with E-state index in [1.54, 1.807) is 38.0 Å². The lowest BCUT2D eigenvalue weighted by Gasteiger charge is -2.31. The minimum atomic E-state index is -0.818. The average molecular weight is 274 g/mol. The van der Waals surface area contributed by atoms with Crippen molar-refractivity contribution in [3.8, 4) is 6.07 Å². The van der Waals surface area contributed by atoms with E-state index < -0.39 is 5.60 Å². The van der Waals surface area contributed by atoms with Crippen molar-refractivity contribution in [2.75, 3.05) is 13.7 Å². The molecule has 0 aliphatic heterocycles. The Kier molecular flexibility index (Phi) is 5.72. The molecule has 4 nitrogen and oxygen atoms in total. The molecule has 1 amide bonds. The fourth-order valence-corrected chi connectivity index (χ4v) is 1.90. The Bertz CT molecular complexity index is 486. The number of nitriles is 1. The number of benzene rings is 1. The van der Waals surface area contributed by atoms with E-state index in [0.29, 0.717) is 18.7 Å². The highest BCUT2D eigenvalue weighted by atomic mass is 16.5. The number of amides is 1. The number of hydrogen-bond acceptors (Lipinski definition) is 3. The van der Waals surface area contributed by atoms with Crippen LogP contribution in [-0.4, -0.2) is 30.1 Å². The van der Waals surface area contributed by atoms with Gasteiger partial charge in [-0.05, 0) is 38.0 Å². The highest BCUT2D eigenvalue weighted by Crippen LogP contribution is 2.16. The molecule has 20 heavy (non-hydrogen) atoms. The molecular formula is C16H22N2O2. The number of ether oxygens (including phenoxy) is 1. The minimum Gasteiger partial charge on any atom is -0.369 e. The maximum Gasteiger partial charge on any atom is 0.254 e. The summed E-state index contributed by atoms with van der Waals surface area (Å²) < 4.78 is 5.27. The van der Waals surface area contributed by atoms with Gasteiger partial charge in [-0.15, -0.1) is 0 Å². The van der Waals surface area contributed by atoms with Crippen LogP contribution in [0.3, 0.4) is 0 Å². The molecule has 0 N–H and O–H groups in total. The zero-order valence-electron chi connectivity index (χ0n) is 12.6. The van der Waals surface area contributed by atoms with Crippen molar-refractivity contribution < 1.29 is 9.53 Å². The Morgan fingerprint density at radius 3 is 2.40 bits per heavy atom. The lowest BCUT2D eigenvalue weighted by molar-refractivity contribution is -0.151. The molecule has 0 radical (unpaired) electrons. The third-order valence-corrected chi connectivity index (χ3v) is 3.26. The normalized spacial score (nSPS) is 10.9. The van der Waals surface area contributed by atoms with E-state index in [9.17, 15) is 4.79 Å². The Labute approximate surface area is 121 Å². The van der Waals surface area contributed by atoms with Gasteiger partial charge in [0, 0.05) is 20.2 Å². The smallest absolute Gasteiger partial charge is 0.254 e. The molecule has 108 valence electrons. The minimum absolute atomic E-state index is 0.0220. The van der Waals surface area contributed by atoms with Gasteiger partial charge in [-0.25, -0.2) is 0 Å². The van der Waals surface area contributed by atoms with Crippen LogP contribution < -0.4 is 0 Å². The number of rotatable bonds is 6. The summed E-state index contributed by atoms with van der Waals surface area (Å²) in [4.78, 5) is 14.3. The zero-order chi connectivity index (χ0) is 15.2. The van der Waals surface area contributed by atoms with E-state index in [0.717, 1.165) is 12.0 Å². The molecule has 0 bridgehead atoms. The van der Waals surface area contributed by atoms with E-state index in [4.69, 9.17) is 10.00 Å². The molecule has 0 saturated heterocycles. The van der Waals surface area contributed by atoms with Crippen molar-refractivity contribution in [2.24, 2.45) is 0 Å². The van der Waals surface area contributed by atoms with Gasteiger partial charge in [0.05, 0.1) is 11.6 Å². The van der Waals surface area contributed by atoms with Gasteiger partial charge in [0.15, 0.2) is 0 Å². The van der Waals surface area contributed by atoms with Gasteiger partial charge in [0.25, 0.3) is 5.91 Å². The molecule has 0 aliphatic rings. The number of methoxy groups -OCH3 is 1. The van der Waals surface area contributed by atoms with Crippen molar-refractivity contribution in [2.45, 2.75) is 39.3 Å². The topological polar surface area (TPSA) is 53.3 Å². The second-order valence-corrected chi connectivity index (χ2v) is 5.25. The van der Waals surface area contributed by atoms with Crippen molar-refractivity contribution >= 4 is 5.91 Å². The van der Waals surface area contributed by atoms with Gasteiger partial charge in [0.1, 0.15) is 5.60 Å². The lowest BCUT2D eigenvalue weighted by atomic mass is 10.1. The van der Waals surface area contributed by atoms with E-state index in [1.165, 1.54) is 0 Å². The highest BCUT2D eigenvalue weighted by molar-refractivity contribution is 5.84. The van der Waals surface area contributed by atoms with Crippen LogP contribution in [0, 0.1) is 11.3 Å². The van der Waals surface area contributed by atoms with Gasteiger partial charge in [0.2, 0.25) is 0 Å². The van der Waals surface area contributed by atoms with E-state index in [-0.39, 0.29) is 5.91 Å². The predicted octanol–water partition coefficient (Wildman–Crippen LogP) is 2.72. The molecule has 0 saturated carbocycles. The molecule has 1 aromatic rings. The van der Waals surface area contributed by atoms with Crippen LogP contribution in [-0.2, 0) is 16.1 Å². The molecule has 0 heterocycles. The molecule has 0 fully saturated rings. The van der Waals surface area contributed by atoms with Gasteiger partial charge in [-0.2, -0.15) is 5.26 Å². The predicted molar refractivity (Wildman–Crippen MR) is 78.0 cm³/mol. The van der Waals surface area contributed by atoms with Crippen LogP contribution in [0.15, 0.2) is 24.3 Å². The maximum absolute atomic E-state index is 12.5. The fourth-order valence-electron chi connectivity index (χ4n) is 1.90. The number of carbonyl (C=O) groups is 1. The first-order valence-corrected chi connectivity index (χ1v) is 6.78. The summed E-state index contributed by atoms with van der Waals surface area (Å²) in [6.07, 6.45) is 0.891. The summed E-state index contributed by atoms with van der Waals surface area (Å²) in [7, 11) is 1.55. The second-order valence-electron chi connectivity index (χ2n) is 5.25. The molecule has 1 aromatic carbocycles. The third-order valence-electron chi connectivity index (χ3n) is 3.26. The summed E-state index contributed by atoms with van der Waals surface area (Å²) in [6.45, 7) is 6.81. The van der Waals surface area contributed by atoms with Crippen LogP contribution in [0.25, 0.3) is 0 Å². The van der Waals surface area contributed by atoms with E-state index in [1.807, 2.05) is 19.1 Å².